The van der Waals surface area contributed by atoms with E-state index in [9.17, 15) is 0 Å². The molecule has 0 spiro atoms. The minimum Gasteiger partial charge on any atom is -0.496 e. The van der Waals surface area contributed by atoms with Crippen LogP contribution in [-0.4, -0.2) is 34.0 Å². The second-order valence-electron chi connectivity index (χ2n) is 5.95. The van der Waals surface area contributed by atoms with Gasteiger partial charge in [0.15, 0.2) is 0 Å². The lowest BCUT2D eigenvalue weighted by molar-refractivity contribution is 0.301. The third-order valence-corrected chi connectivity index (χ3v) is 3.80. The summed E-state index contributed by atoms with van der Waals surface area (Å²) in [7, 11) is 3.77. The minimum absolute atomic E-state index is 0.691. The van der Waals surface area contributed by atoms with E-state index in [0.29, 0.717) is 6.54 Å². The molecule has 0 amide bonds. The van der Waals surface area contributed by atoms with E-state index >= 15 is 0 Å². The summed E-state index contributed by atoms with van der Waals surface area (Å²) in [5.74, 6) is 1.72. The molecule has 0 bridgehead atoms. The van der Waals surface area contributed by atoms with Crippen LogP contribution in [0.15, 0.2) is 47.2 Å². The first-order valence-electron chi connectivity index (χ1n) is 7.88. The average molecular weight is 326 g/mol. The zero-order chi connectivity index (χ0) is 16.9. The van der Waals surface area contributed by atoms with Crippen molar-refractivity contribution in [2.24, 2.45) is 0 Å². The van der Waals surface area contributed by atoms with Crippen molar-refractivity contribution in [1.29, 1.82) is 0 Å². The zero-order valence-electron chi connectivity index (χ0n) is 14.3. The molecular formula is C18H22N4O2. The lowest BCUT2D eigenvalue weighted by Crippen LogP contribution is -2.17. The average Bonchev–Trinajstić information content (AvgIpc) is 3.19. The van der Waals surface area contributed by atoms with E-state index in [2.05, 4.69) is 34.3 Å². The number of hydrogen-bond donors (Lipinski definition) is 0. The van der Waals surface area contributed by atoms with Crippen LogP contribution in [0.25, 0.3) is 0 Å². The second-order valence-corrected chi connectivity index (χ2v) is 5.95. The fourth-order valence-corrected chi connectivity index (χ4v) is 2.76. The Kier molecular flexibility index (Phi) is 4.96. The predicted octanol–water partition coefficient (Wildman–Crippen LogP) is 2.87. The van der Waals surface area contributed by atoms with Crippen molar-refractivity contribution in [2.45, 2.75) is 26.6 Å². The molecule has 0 aliphatic heterocycles. The number of nitrogens with zero attached hydrogens (tertiary/aromatic N) is 4. The van der Waals surface area contributed by atoms with Crippen molar-refractivity contribution in [3.63, 3.8) is 0 Å². The van der Waals surface area contributed by atoms with Crippen molar-refractivity contribution in [1.82, 2.24) is 19.8 Å². The van der Waals surface area contributed by atoms with Gasteiger partial charge in [0.2, 0.25) is 0 Å². The molecule has 2 heterocycles. The maximum atomic E-state index is 5.48. The standard InChI is InChI=1S/C18H22N4O2/c1-14-9-17(20-24-14)13-21(2)11-15-5-6-18(23-3)16(10-15)12-22-8-4-7-19-22/h4-10H,11-13H2,1-3H3. The van der Waals surface area contributed by atoms with Gasteiger partial charge >= 0.3 is 0 Å². The van der Waals surface area contributed by atoms with Crippen LogP contribution >= 0.6 is 0 Å². The molecule has 1 aromatic carbocycles. The van der Waals surface area contributed by atoms with E-state index in [1.807, 2.05) is 36.0 Å². The topological polar surface area (TPSA) is 56.3 Å². The molecule has 0 saturated heterocycles. The quantitative estimate of drug-likeness (QED) is 0.668. The van der Waals surface area contributed by atoms with Gasteiger partial charge in [0.25, 0.3) is 0 Å². The van der Waals surface area contributed by atoms with Gasteiger partial charge in [0.05, 0.1) is 19.3 Å². The molecule has 3 aromatic rings. The molecule has 0 unspecified atom stereocenters. The first kappa shape index (κ1) is 16.3. The van der Waals surface area contributed by atoms with E-state index in [1.54, 1.807) is 13.3 Å². The summed E-state index contributed by atoms with van der Waals surface area (Å²) in [6, 6.07) is 10.2. The van der Waals surface area contributed by atoms with Crippen LogP contribution in [-0.2, 0) is 19.6 Å². The largest absolute Gasteiger partial charge is 0.496 e. The molecule has 0 fully saturated rings. The SMILES string of the molecule is COc1ccc(CN(C)Cc2cc(C)on2)cc1Cn1cccn1. The van der Waals surface area contributed by atoms with Crippen LogP contribution in [0.1, 0.15) is 22.6 Å². The number of hydrogen-bond acceptors (Lipinski definition) is 5. The fourth-order valence-electron chi connectivity index (χ4n) is 2.76. The number of aryl methyl sites for hydroxylation is 1. The molecule has 6 heteroatoms. The molecule has 0 radical (unpaired) electrons. The molecule has 126 valence electrons. The Morgan fingerprint density at radius 3 is 2.79 bits per heavy atom. The summed E-state index contributed by atoms with van der Waals surface area (Å²) in [5.41, 5.74) is 3.28. The van der Waals surface area contributed by atoms with Gasteiger partial charge in [-0.25, -0.2) is 0 Å². The van der Waals surface area contributed by atoms with Crippen LogP contribution in [0.4, 0.5) is 0 Å². The van der Waals surface area contributed by atoms with Crippen LogP contribution in [0.5, 0.6) is 5.75 Å². The lowest BCUT2D eigenvalue weighted by Gasteiger charge is -2.17. The lowest BCUT2D eigenvalue weighted by atomic mass is 10.1. The maximum absolute atomic E-state index is 5.48. The van der Waals surface area contributed by atoms with Gasteiger partial charge in [-0.2, -0.15) is 5.10 Å². The van der Waals surface area contributed by atoms with Gasteiger partial charge < -0.3 is 9.26 Å². The summed E-state index contributed by atoms with van der Waals surface area (Å²) in [4.78, 5) is 2.21. The van der Waals surface area contributed by atoms with Crippen molar-refractivity contribution in [3.05, 3.63) is 65.3 Å². The molecule has 6 nitrogen and oxygen atoms in total. The summed E-state index contributed by atoms with van der Waals surface area (Å²) < 4.78 is 12.5. The molecule has 0 atom stereocenters. The Morgan fingerprint density at radius 2 is 2.12 bits per heavy atom. The monoisotopic (exact) mass is 326 g/mol. The number of aromatic nitrogens is 3. The van der Waals surface area contributed by atoms with E-state index in [4.69, 9.17) is 9.26 Å². The summed E-state index contributed by atoms with van der Waals surface area (Å²) in [6.07, 6.45) is 3.73. The Balaban J connectivity index is 1.70. The fraction of sp³-hybridized carbons (Fsp3) is 0.333. The van der Waals surface area contributed by atoms with Crippen molar-refractivity contribution in [3.8, 4) is 5.75 Å². The molecule has 3 rings (SSSR count). The Labute approximate surface area is 141 Å². The highest BCUT2D eigenvalue weighted by molar-refractivity contribution is 5.37. The third-order valence-electron chi connectivity index (χ3n) is 3.80. The molecule has 0 N–H and O–H groups in total. The van der Waals surface area contributed by atoms with Crippen LogP contribution < -0.4 is 4.74 Å². The highest BCUT2D eigenvalue weighted by Crippen LogP contribution is 2.22. The Bertz CT molecular complexity index is 780. The summed E-state index contributed by atoms with van der Waals surface area (Å²) in [6.45, 7) is 4.16. The Hall–Kier alpha value is -2.60. The molecular weight excluding hydrogens is 304 g/mol. The smallest absolute Gasteiger partial charge is 0.133 e. The number of ether oxygens (including phenoxy) is 1. The van der Waals surface area contributed by atoms with Crippen molar-refractivity contribution >= 4 is 0 Å². The number of methoxy groups -OCH3 is 1. The van der Waals surface area contributed by atoms with Crippen LogP contribution in [0.3, 0.4) is 0 Å². The van der Waals surface area contributed by atoms with Gasteiger partial charge in [-0.1, -0.05) is 11.2 Å². The molecule has 24 heavy (non-hydrogen) atoms. The van der Waals surface area contributed by atoms with Gasteiger partial charge in [-0.3, -0.25) is 9.58 Å². The van der Waals surface area contributed by atoms with Gasteiger partial charge in [-0.15, -0.1) is 0 Å². The minimum atomic E-state index is 0.691. The summed E-state index contributed by atoms with van der Waals surface area (Å²) in [5, 5.41) is 8.31. The maximum Gasteiger partial charge on any atom is 0.133 e. The molecule has 0 aliphatic rings. The molecule has 2 aromatic heterocycles. The summed E-state index contributed by atoms with van der Waals surface area (Å²) >= 11 is 0. The highest BCUT2D eigenvalue weighted by Gasteiger charge is 2.09. The van der Waals surface area contributed by atoms with Gasteiger partial charge in [0.1, 0.15) is 11.5 Å². The van der Waals surface area contributed by atoms with Crippen LogP contribution in [0, 0.1) is 6.92 Å². The first-order chi connectivity index (χ1) is 11.6. The van der Waals surface area contributed by atoms with Gasteiger partial charge in [-0.05, 0) is 37.7 Å². The highest BCUT2D eigenvalue weighted by atomic mass is 16.5. The number of rotatable bonds is 7. The molecule has 0 aliphatic carbocycles. The predicted molar refractivity (Wildman–Crippen MR) is 90.7 cm³/mol. The van der Waals surface area contributed by atoms with Crippen LogP contribution in [0.2, 0.25) is 0 Å². The zero-order valence-corrected chi connectivity index (χ0v) is 14.3. The van der Waals surface area contributed by atoms with E-state index in [1.165, 1.54) is 5.56 Å². The second kappa shape index (κ2) is 7.31. The van der Waals surface area contributed by atoms with E-state index in [-0.39, 0.29) is 0 Å². The normalized spacial score (nSPS) is 11.2. The van der Waals surface area contributed by atoms with Crippen molar-refractivity contribution < 1.29 is 9.26 Å². The Morgan fingerprint density at radius 1 is 1.25 bits per heavy atom. The number of benzene rings is 1. The molecule has 0 saturated carbocycles. The van der Waals surface area contributed by atoms with E-state index in [0.717, 1.165) is 35.9 Å². The van der Waals surface area contributed by atoms with E-state index < -0.39 is 0 Å². The first-order valence-corrected chi connectivity index (χ1v) is 7.88. The third kappa shape index (κ3) is 4.02. The van der Waals surface area contributed by atoms with Crippen molar-refractivity contribution in [2.75, 3.05) is 14.2 Å². The van der Waals surface area contributed by atoms with Gasteiger partial charge in [0, 0.05) is 37.1 Å².